The first-order valence-electron chi connectivity index (χ1n) is 5.60. The molecule has 0 fully saturated rings. The van der Waals surface area contributed by atoms with Crippen LogP contribution in [-0.4, -0.2) is 24.6 Å². The lowest BCUT2D eigenvalue weighted by Crippen LogP contribution is -2.30. The van der Waals surface area contributed by atoms with Crippen LogP contribution in [0.1, 0.15) is 12.5 Å². The van der Waals surface area contributed by atoms with E-state index < -0.39 is 18.7 Å². The molecule has 0 radical (unpaired) electrons. The van der Waals surface area contributed by atoms with E-state index in [4.69, 9.17) is 0 Å². The van der Waals surface area contributed by atoms with Gasteiger partial charge in [-0.2, -0.15) is 13.2 Å². The van der Waals surface area contributed by atoms with Crippen molar-refractivity contribution in [1.82, 2.24) is 5.48 Å². The fourth-order valence-corrected chi connectivity index (χ4v) is 1.33. The fraction of sp³-hybridized carbons (Fsp3) is 0.333. The van der Waals surface area contributed by atoms with Crippen molar-refractivity contribution in [3.8, 4) is 0 Å². The third kappa shape index (κ3) is 6.74. The van der Waals surface area contributed by atoms with Crippen LogP contribution >= 0.6 is 0 Å². The highest BCUT2D eigenvalue weighted by Gasteiger charge is 2.28. The van der Waals surface area contributed by atoms with Crippen LogP contribution in [0.4, 0.5) is 18.9 Å². The van der Waals surface area contributed by atoms with Gasteiger partial charge in [0, 0.05) is 12.6 Å². The largest absolute Gasteiger partial charge is 0.414 e. The predicted molar refractivity (Wildman–Crippen MR) is 64.6 cm³/mol. The Kier molecular flexibility index (Phi) is 5.51. The number of rotatable bonds is 5. The number of alkyl halides is 3. The zero-order valence-corrected chi connectivity index (χ0v) is 10.6. The van der Waals surface area contributed by atoms with E-state index >= 15 is 0 Å². The summed E-state index contributed by atoms with van der Waals surface area (Å²) in [6.07, 6.45) is -4.62. The minimum atomic E-state index is -4.49. The number of hydrogen-bond acceptors (Lipinski definition) is 3. The molecule has 8 heteroatoms. The molecule has 1 aromatic carbocycles. The Bertz CT molecular complexity index is 472. The minimum Gasteiger partial charge on any atom is -0.326 e. The number of carbonyl (C=O) groups is 2. The minimum absolute atomic E-state index is 0.127. The summed E-state index contributed by atoms with van der Waals surface area (Å²) in [5, 5.41) is 2.55. The van der Waals surface area contributed by atoms with Gasteiger partial charge in [-0.15, -0.1) is 0 Å². The van der Waals surface area contributed by atoms with Gasteiger partial charge in [0.1, 0.15) is 0 Å². The molecule has 0 aliphatic rings. The molecule has 0 aliphatic heterocycles. The molecule has 0 aliphatic carbocycles. The Labute approximate surface area is 113 Å². The highest BCUT2D eigenvalue weighted by atomic mass is 19.4. The average Bonchev–Trinajstić information content (AvgIpc) is 2.29. The van der Waals surface area contributed by atoms with Crippen LogP contribution in [0.2, 0.25) is 0 Å². The van der Waals surface area contributed by atoms with Crippen molar-refractivity contribution in [2.45, 2.75) is 19.5 Å². The van der Waals surface area contributed by atoms with Gasteiger partial charge in [0.2, 0.25) is 11.8 Å². The van der Waals surface area contributed by atoms with Crippen LogP contribution in [-0.2, 0) is 20.8 Å². The number of nitrogens with one attached hydrogen (secondary N) is 2. The van der Waals surface area contributed by atoms with Crippen LogP contribution in [0.3, 0.4) is 0 Å². The van der Waals surface area contributed by atoms with Crippen LogP contribution in [0.25, 0.3) is 0 Å². The second-order valence-corrected chi connectivity index (χ2v) is 3.98. The van der Waals surface area contributed by atoms with Gasteiger partial charge >= 0.3 is 6.18 Å². The summed E-state index contributed by atoms with van der Waals surface area (Å²) < 4.78 is 35.3. The summed E-state index contributed by atoms with van der Waals surface area (Å²) in [5.41, 5.74) is 2.85. The van der Waals surface area contributed by atoms with E-state index in [1.807, 2.05) is 0 Å². The normalized spacial score (nSPS) is 11.0. The van der Waals surface area contributed by atoms with Crippen molar-refractivity contribution in [2.24, 2.45) is 0 Å². The van der Waals surface area contributed by atoms with Crippen molar-refractivity contribution in [3.05, 3.63) is 29.8 Å². The first kappa shape index (κ1) is 16.0. The molecule has 0 bridgehead atoms. The van der Waals surface area contributed by atoms with Crippen molar-refractivity contribution >= 4 is 17.5 Å². The number of hydrogen-bond donors (Lipinski definition) is 2. The number of benzene rings is 1. The second-order valence-electron chi connectivity index (χ2n) is 3.98. The first-order chi connectivity index (χ1) is 9.26. The Morgan fingerprint density at radius 3 is 2.30 bits per heavy atom. The standard InChI is InChI=1S/C12H13F3N2O3/c1-8(18)16-10-4-2-9(3-5-10)6-11(19)17-20-7-12(13,14)15/h2-5H,6-7H2,1H3,(H,16,18)(H,17,19). The zero-order chi connectivity index (χ0) is 15.2. The van der Waals surface area contributed by atoms with E-state index in [-0.39, 0.29) is 12.3 Å². The highest BCUT2D eigenvalue weighted by molar-refractivity contribution is 5.88. The maximum atomic E-state index is 11.8. The van der Waals surface area contributed by atoms with Crippen LogP contribution < -0.4 is 10.8 Å². The fourth-order valence-electron chi connectivity index (χ4n) is 1.33. The summed E-state index contributed by atoms with van der Waals surface area (Å²) >= 11 is 0. The molecule has 0 aromatic heterocycles. The molecule has 5 nitrogen and oxygen atoms in total. The van der Waals surface area contributed by atoms with E-state index in [1.54, 1.807) is 29.7 Å². The molecule has 0 spiro atoms. The van der Waals surface area contributed by atoms with Gasteiger partial charge in [0.05, 0.1) is 6.42 Å². The van der Waals surface area contributed by atoms with E-state index in [0.29, 0.717) is 11.3 Å². The van der Waals surface area contributed by atoms with E-state index in [9.17, 15) is 22.8 Å². The number of amides is 2. The number of carbonyl (C=O) groups excluding carboxylic acids is 2. The van der Waals surface area contributed by atoms with Crippen LogP contribution in [0, 0.1) is 0 Å². The van der Waals surface area contributed by atoms with Crippen molar-refractivity contribution < 1.29 is 27.6 Å². The topological polar surface area (TPSA) is 67.4 Å². The molecule has 0 saturated heterocycles. The molecule has 0 heterocycles. The Morgan fingerprint density at radius 1 is 1.20 bits per heavy atom. The molecule has 0 unspecified atom stereocenters. The van der Waals surface area contributed by atoms with Gasteiger partial charge in [-0.1, -0.05) is 12.1 Å². The Morgan fingerprint density at radius 2 is 1.80 bits per heavy atom. The number of anilines is 1. The Hall–Kier alpha value is -2.09. The lowest BCUT2D eigenvalue weighted by molar-refractivity contribution is -0.191. The van der Waals surface area contributed by atoms with E-state index in [1.165, 1.54) is 6.92 Å². The van der Waals surface area contributed by atoms with Crippen molar-refractivity contribution in [3.63, 3.8) is 0 Å². The first-order valence-corrected chi connectivity index (χ1v) is 5.60. The number of hydroxylamine groups is 1. The SMILES string of the molecule is CC(=O)Nc1ccc(CC(=O)NOCC(F)(F)F)cc1. The monoisotopic (exact) mass is 290 g/mol. The Balaban J connectivity index is 2.40. The van der Waals surface area contributed by atoms with Crippen LogP contribution in [0.5, 0.6) is 0 Å². The highest BCUT2D eigenvalue weighted by Crippen LogP contribution is 2.14. The smallest absolute Gasteiger partial charge is 0.326 e. The molecule has 20 heavy (non-hydrogen) atoms. The van der Waals surface area contributed by atoms with Gasteiger partial charge in [-0.3, -0.25) is 14.4 Å². The second kappa shape index (κ2) is 6.90. The molecular weight excluding hydrogens is 277 g/mol. The third-order valence-corrected chi connectivity index (χ3v) is 2.06. The molecule has 110 valence electrons. The van der Waals surface area contributed by atoms with Crippen molar-refractivity contribution in [2.75, 3.05) is 11.9 Å². The molecule has 2 amide bonds. The maximum absolute atomic E-state index is 11.8. The van der Waals surface area contributed by atoms with E-state index in [0.717, 1.165) is 0 Å². The van der Waals surface area contributed by atoms with Gasteiger partial charge in [0.25, 0.3) is 0 Å². The summed E-state index contributed by atoms with van der Waals surface area (Å²) in [5.74, 6) is -0.919. The lowest BCUT2D eigenvalue weighted by atomic mass is 10.1. The van der Waals surface area contributed by atoms with Crippen LogP contribution in [0.15, 0.2) is 24.3 Å². The average molecular weight is 290 g/mol. The molecule has 0 atom stereocenters. The van der Waals surface area contributed by atoms with Gasteiger partial charge in [-0.05, 0) is 17.7 Å². The third-order valence-electron chi connectivity index (χ3n) is 2.06. The molecule has 1 aromatic rings. The lowest BCUT2D eigenvalue weighted by Gasteiger charge is -2.08. The van der Waals surface area contributed by atoms with Gasteiger partial charge in [0.15, 0.2) is 6.61 Å². The molecule has 2 N–H and O–H groups in total. The zero-order valence-electron chi connectivity index (χ0n) is 10.6. The van der Waals surface area contributed by atoms with Crippen molar-refractivity contribution in [1.29, 1.82) is 0 Å². The summed E-state index contributed by atoms with van der Waals surface area (Å²) in [6, 6.07) is 6.32. The van der Waals surface area contributed by atoms with Gasteiger partial charge in [-0.25, -0.2) is 5.48 Å². The predicted octanol–water partition coefficient (Wildman–Crippen LogP) is 1.80. The molecule has 0 saturated carbocycles. The molecule has 1 rings (SSSR count). The summed E-state index contributed by atoms with van der Waals surface area (Å²) in [4.78, 5) is 26.1. The number of halogens is 3. The summed E-state index contributed by atoms with van der Waals surface area (Å²) in [6.45, 7) is -0.181. The van der Waals surface area contributed by atoms with Gasteiger partial charge < -0.3 is 5.32 Å². The summed E-state index contributed by atoms with van der Waals surface area (Å²) in [7, 11) is 0. The quantitative estimate of drug-likeness (QED) is 0.813. The molecular formula is C12H13F3N2O3. The maximum Gasteiger partial charge on any atom is 0.414 e. The van der Waals surface area contributed by atoms with E-state index in [2.05, 4.69) is 10.2 Å².